The van der Waals surface area contributed by atoms with Gasteiger partial charge >= 0.3 is 0 Å². The summed E-state index contributed by atoms with van der Waals surface area (Å²) in [7, 11) is 2.10. The molecule has 0 bridgehead atoms. The molecule has 0 unspecified atom stereocenters. The molecule has 3 heterocycles. The van der Waals surface area contributed by atoms with Crippen molar-refractivity contribution in [2.75, 3.05) is 33.2 Å². The lowest BCUT2D eigenvalue weighted by molar-refractivity contribution is -0.137. The molecule has 9 nitrogen and oxygen atoms in total. The molecule has 3 rings (SSSR count). The van der Waals surface area contributed by atoms with Crippen molar-refractivity contribution in [3.05, 3.63) is 5.82 Å². The zero-order chi connectivity index (χ0) is 17.2. The van der Waals surface area contributed by atoms with Crippen molar-refractivity contribution in [3.8, 4) is 0 Å². The quantitative estimate of drug-likeness (QED) is 0.776. The third-order valence-electron chi connectivity index (χ3n) is 5.33. The molecular weight excluding hydrogens is 310 g/mol. The van der Waals surface area contributed by atoms with E-state index in [9.17, 15) is 9.59 Å². The van der Waals surface area contributed by atoms with Gasteiger partial charge in [0.1, 0.15) is 5.82 Å². The van der Waals surface area contributed by atoms with Crippen LogP contribution in [0, 0.1) is 6.92 Å². The average molecular weight is 335 g/mol. The summed E-state index contributed by atoms with van der Waals surface area (Å²) in [6.07, 6.45) is 2.59. The maximum atomic E-state index is 12.6. The Hall–Kier alpha value is -2.03. The van der Waals surface area contributed by atoms with Crippen LogP contribution in [0.15, 0.2) is 0 Å². The minimum absolute atomic E-state index is 0.0994. The van der Waals surface area contributed by atoms with Crippen LogP contribution >= 0.6 is 0 Å². The van der Waals surface area contributed by atoms with Gasteiger partial charge in [-0.2, -0.15) is 0 Å². The molecular formula is C15H25N7O2. The topological polar surface area (TPSA) is 96.2 Å². The molecule has 0 radical (unpaired) electrons. The second kappa shape index (κ2) is 6.84. The Kier molecular flexibility index (Phi) is 4.79. The minimum Gasteiger partial charge on any atom is -0.356 e. The number of rotatable bonds is 3. The Balaban J connectivity index is 1.62. The summed E-state index contributed by atoms with van der Waals surface area (Å²) in [6, 6.07) is 0. The third kappa shape index (κ3) is 3.40. The number of piperazine rings is 1. The van der Waals surface area contributed by atoms with Crippen LogP contribution in [0.1, 0.15) is 31.5 Å². The first-order chi connectivity index (χ1) is 11.5. The van der Waals surface area contributed by atoms with Crippen LogP contribution in [-0.4, -0.2) is 80.6 Å². The zero-order valence-corrected chi connectivity index (χ0v) is 14.4. The highest BCUT2D eigenvalue weighted by atomic mass is 16.2. The Morgan fingerprint density at radius 2 is 2.17 bits per heavy atom. The second-order valence-corrected chi connectivity index (χ2v) is 6.76. The first-order valence-corrected chi connectivity index (χ1v) is 8.49. The molecule has 24 heavy (non-hydrogen) atoms. The van der Waals surface area contributed by atoms with Gasteiger partial charge in [0.05, 0.1) is 6.54 Å². The lowest BCUT2D eigenvalue weighted by atomic mass is 9.86. The molecule has 2 saturated heterocycles. The zero-order valence-electron chi connectivity index (χ0n) is 14.4. The molecule has 132 valence electrons. The maximum Gasteiger partial charge on any atom is 0.224 e. The van der Waals surface area contributed by atoms with Gasteiger partial charge in [0.2, 0.25) is 11.8 Å². The van der Waals surface area contributed by atoms with Crippen molar-refractivity contribution in [2.24, 2.45) is 0 Å². The monoisotopic (exact) mass is 335 g/mol. The van der Waals surface area contributed by atoms with Crippen LogP contribution < -0.4 is 5.32 Å². The fourth-order valence-corrected chi connectivity index (χ4v) is 3.63. The van der Waals surface area contributed by atoms with Gasteiger partial charge in [-0.25, -0.2) is 4.68 Å². The number of aromatic nitrogens is 4. The van der Waals surface area contributed by atoms with E-state index in [0.717, 1.165) is 25.9 Å². The van der Waals surface area contributed by atoms with Gasteiger partial charge < -0.3 is 10.2 Å². The lowest BCUT2D eigenvalue weighted by Crippen LogP contribution is -2.62. The molecule has 1 N–H and O–H groups in total. The lowest BCUT2D eigenvalue weighted by Gasteiger charge is -2.49. The summed E-state index contributed by atoms with van der Waals surface area (Å²) in [4.78, 5) is 28.6. The van der Waals surface area contributed by atoms with Crippen LogP contribution in [0.3, 0.4) is 0 Å². The molecule has 2 aliphatic rings. The Morgan fingerprint density at radius 3 is 2.92 bits per heavy atom. The fourth-order valence-electron chi connectivity index (χ4n) is 3.63. The minimum atomic E-state index is -0.0994. The first kappa shape index (κ1) is 16.8. The first-order valence-electron chi connectivity index (χ1n) is 8.49. The summed E-state index contributed by atoms with van der Waals surface area (Å²) in [5, 5.41) is 14.3. The van der Waals surface area contributed by atoms with Gasteiger partial charge in [0.15, 0.2) is 0 Å². The summed E-state index contributed by atoms with van der Waals surface area (Å²) in [6.45, 7) is 5.25. The van der Waals surface area contributed by atoms with Gasteiger partial charge in [-0.3, -0.25) is 14.5 Å². The summed E-state index contributed by atoms with van der Waals surface area (Å²) in [5.74, 6) is 0.949. The third-order valence-corrected chi connectivity index (χ3v) is 5.33. The SMILES string of the molecule is Cc1nnnn1CCC(=O)N1CCN(C)[C@@]2(CCNC(=O)CC2)C1. The van der Waals surface area contributed by atoms with Crippen molar-refractivity contribution in [1.29, 1.82) is 0 Å². The predicted molar refractivity (Wildman–Crippen MR) is 86.0 cm³/mol. The van der Waals surface area contributed by atoms with Crippen molar-refractivity contribution in [2.45, 2.75) is 44.7 Å². The Labute approximate surface area is 141 Å². The normalized spacial score (nSPS) is 25.6. The van der Waals surface area contributed by atoms with Gasteiger partial charge in [0, 0.05) is 44.6 Å². The van der Waals surface area contributed by atoms with Crippen molar-refractivity contribution in [3.63, 3.8) is 0 Å². The molecule has 2 aliphatic heterocycles. The van der Waals surface area contributed by atoms with Gasteiger partial charge in [0.25, 0.3) is 0 Å². The summed E-state index contributed by atoms with van der Waals surface area (Å²) < 4.78 is 1.65. The number of nitrogens with zero attached hydrogens (tertiary/aromatic N) is 6. The molecule has 0 aliphatic carbocycles. The molecule has 1 spiro atoms. The van der Waals surface area contributed by atoms with Gasteiger partial charge in [-0.15, -0.1) is 5.10 Å². The van der Waals surface area contributed by atoms with Crippen molar-refractivity contribution < 1.29 is 9.59 Å². The van der Waals surface area contributed by atoms with Gasteiger partial charge in [-0.05, 0) is 37.2 Å². The van der Waals surface area contributed by atoms with E-state index in [0.29, 0.717) is 38.3 Å². The van der Waals surface area contributed by atoms with E-state index in [1.54, 1.807) is 4.68 Å². The number of amides is 2. The molecule has 2 amide bonds. The number of carbonyl (C=O) groups excluding carboxylic acids is 2. The maximum absolute atomic E-state index is 12.6. The number of hydrogen-bond donors (Lipinski definition) is 1. The molecule has 0 saturated carbocycles. The van der Waals surface area contributed by atoms with Crippen molar-refractivity contribution >= 4 is 11.8 Å². The Morgan fingerprint density at radius 1 is 1.33 bits per heavy atom. The molecule has 1 aromatic heterocycles. The fraction of sp³-hybridized carbons (Fsp3) is 0.800. The van der Waals surface area contributed by atoms with E-state index in [1.165, 1.54) is 0 Å². The predicted octanol–water partition coefficient (Wildman–Crippen LogP) is -0.815. The van der Waals surface area contributed by atoms with Crippen molar-refractivity contribution in [1.82, 2.24) is 35.3 Å². The molecule has 9 heteroatoms. The highest BCUT2D eigenvalue weighted by Crippen LogP contribution is 2.30. The van der Waals surface area contributed by atoms with Gasteiger partial charge in [-0.1, -0.05) is 0 Å². The van der Waals surface area contributed by atoms with E-state index >= 15 is 0 Å². The molecule has 0 aromatic carbocycles. The van der Waals surface area contributed by atoms with E-state index < -0.39 is 0 Å². The smallest absolute Gasteiger partial charge is 0.224 e. The highest BCUT2D eigenvalue weighted by Gasteiger charge is 2.41. The van der Waals surface area contributed by atoms with Crippen LogP contribution in [0.5, 0.6) is 0 Å². The van der Waals surface area contributed by atoms with Crippen LogP contribution in [-0.2, 0) is 16.1 Å². The second-order valence-electron chi connectivity index (χ2n) is 6.76. The molecule has 1 aromatic rings. The van der Waals surface area contributed by atoms with Crippen LogP contribution in [0.2, 0.25) is 0 Å². The average Bonchev–Trinajstić information content (AvgIpc) is 2.88. The summed E-state index contributed by atoms with van der Waals surface area (Å²) >= 11 is 0. The standard InChI is InChI=1S/C15H25N7O2/c1-12-17-18-19-22(12)8-4-14(24)21-10-9-20(2)15(11-21)5-3-13(23)16-7-6-15/h3-11H2,1-2H3,(H,16,23)/t15-/m0/s1. The number of likely N-dealkylation sites (N-methyl/N-ethyl adjacent to an activating group) is 1. The van der Waals surface area contributed by atoms with Crippen LogP contribution in [0.25, 0.3) is 0 Å². The number of nitrogens with one attached hydrogen (secondary N) is 1. The van der Waals surface area contributed by atoms with E-state index in [1.807, 2.05) is 11.8 Å². The van der Waals surface area contributed by atoms with Crippen LogP contribution in [0.4, 0.5) is 0 Å². The largest absolute Gasteiger partial charge is 0.356 e. The number of hydrogen-bond acceptors (Lipinski definition) is 6. The number of aryl methyl sites for hydroxylation is 2. The van der Waals surface area contributed by atoms with E-state index in [4.69, 9.17) is 0 Å². The Bertz CT molecular complexity index is 617. The molecule has 2 fully saturated rings. The number of tetrazole rings is 1. The van der Waals surface area contributed by atoms with E-state index in [-0.39, 0.29) is 17.4 Å². The number of carbonyl (C=O) groups is 2. The highest BCUT2D eigenvalue weighted by molar-refractivity contribution is 5.77. The summed E-state index contributed by atoms with van der Waals surface area (Å²) in [5.41, 5.74) is -0.0994. The van der Waals surface area contributed by atoms with E-state index in [2.05, 4.69) is 32.8 Å². The molecule has 1 atom stereocenters.